The van der Waals surface area contributed by atoms with Crippen molar-refractivity contribution in [1.29, 1.82) is 0 Å². The van der Waals surface area contributed by atoms with E-state index in [0.29, 0.717) is 12.3 Å². The smallest absolute Gasteiger partial charge is 0.240 e. The Morgan fingerprint density at radius 2 is 1.68 bits per heavy atom. The third-order valence-electron chi connectivity index (χ3n) is 6.62. The second-order valence-electron chi connectivity index (χ2n) is 8.04. The summed E-state index contributed by atoms with van der Waals surface area (Å²) in [5.41, 5.74) is 3.32. The van der Waals surface area contributed by atoms with Crippen LogP contribution in [-0.4, -0.2) is 38.2 Å². The molecule has 0 spiro atoms. The Bertz CT molecular complexity index is 1140. The summed E-state index contributed by atoms with van der Waals surface area (Å²) in [6.45, 7) is 0.587. The van der Waals surface area contributed by atoms with Crippen LogP contribution in [0.1, 0.15) is 22.3 Å². The van der Waals surface area contributed by atoms with E-state index in [9.17, 15) is 4.79 Å². The van der Waals surface area contributed by atoms with Crippen molar-refractivity contribution in [3.05, 3.63) is 89.0 Å². The number of hydrogen-bond acceptors (Lipinski definition) is 4. The summed E-state index contributed by atoms with van der Waals surface area (Å²) in [6, 6.07) is 21.9. The number of fused-ring (bicyclic) bond motifs is 3. The monoisotopic (exact) mass is 415 g/mol. The molecule has 0 bridgehead atoms. The summed E-state index contributed by atoms with van der Waals surface area (Å²) in [4.78, 5) is 15.9. The van der Waals surface area contributed by atoms with E-state index in [1.54, 1.807) is 21.3 Å². The third kappa shape index (κ3) is 2.73. The van der Waals surface area contributed by atoms with Gasteiger partial charge in [0.2, 0.25) is 5.91 Å². The first-order valence-corrected chi connectivity index (χ1v) is 10.4. The van der Waals surface area contributed by atoms with E-state index >= 15 is 0 Å². The van der Waals surface area contributed by atoms with Gasteiger partial charge in [-0.2, -0.15) is 0 Å². The van der Waals surface area contributed by atoms with Gasteiger partial charge >= 0.3 is 0 Å². The van der Waals surface area contributed by atoms with Crippen LogP contribution in [0.4, 0.5) is 0 Å². The van der Waals surface area contributed by atoms with Crippen LogP contribution in [0.25, 0.3) is 0 Å². The molecule has 0 radical (unpaired) electrons. The van der Waals surface area contributed by atoms with Crippen molar-refractivity contribution in [3.63, 3.8) is 0 Å². The van der Waals surface area contributed by atoms with Crippen molar-refractivity contribution in [2.24, 2.45) is 0 Å². The highest BCUT2D eigenvalue weighted by molar-refractivity contribution is 6.02. The van der Waals surface area contributed by atoms with Crippen LogP contribution >= 0.6 is 0 Å². The van der Waals surface area contributed by atoms with Gasteiger partial charge in [-0.3, -0.25) is 4.79 Å². The van der Waals surface area contributed by atoms with Gasteiger partial charge in [0.15, 0.2) is 0 Å². The molecule has 1 amide bonds. The van der Waals surface area contributed by atoms with Gasteiger partial charge in [0.1, 0.15) is 22.7 Å². The molecule has 1 heterocycles. The number of β-lactam (4-membered cyclic amide) rings is 1. The first-order chi connectivity index (χ1) is 15.1. The zero-order chi connectivity index (χ0) is 21.6. The average molecular weight is 415 g/mol. The summed E-state index contributed by atoms with van der Waals surface area (Å²) in [7, 11) is 4.94. The number of likely N-dealkylation sites (tertiary alicyclic amines) is 1. The normalized spacial score (nSPS) is 21.2. The lowest BCUT2D eigenvalue weighted by atomic mass is 9.64. The topological polar surface area (TPSA) is 48.0 Å². The Labute approximate surface area is 182 Å². The number of hydrogen-bond donors (Lipinski definition) is 0. The van der Waals surface area contributed by atoms with Crippen LogP contribution in [0, 0.1) is 0 Å². The van der Waals surface area contributed by atoms with Crippen LogP contribution in [-0.2, 0) is 23.2 Å². The van der Waals surface area contributed by atoms with Gasteiger partial charge < -0.3 is 19.1 Å². The van der Waals surface area contributed by atoms with Gasteiger partial charge in [-0.15, -0.1) is 0 Å². The minimum Gasteiger partial charge on any atom is -0.497 e. The summed E-state index contributed by atoms with van der Waals surface area (Å²) < 4.78 is 16.8. The van der Waals surface area contributed by atoms with Crippen LogP contribution in [0.5, 0.6) is 17.2 Å². The number of carbonyl (C=O) groups is 1. The van der Waals surface area contributed by atoms with E-state index in [1.807, 2.05) is 59.5 Å². The van der Waals surface area contributed by atoms with Crippen molar-refractivity contribution < 1.29 is 19.0 Å². The maximum Gasteiger partial charge on any atom is 0.240 e. The second kappa shape index (κ2) is 7.34. The molecule has 0 saturated carbocycles. The Kier molecular flexibility index (Phi) is 4.62. The van der Waals surface area contributed by atoms with Crippen LogP contribution < -0.4 is 14.2 Å². The van der Waals surface area contributed by atoms with Gasteiger partial charge in [0, 0.05) is 18.2 Å². The number of nitrogens with zero attached hydrogens (tertiary/aromatic N) is 1. The highest BCUT2D eigenvalue weighted by atomic mass is 16.5. The Morgan fingerprint density at radius 3 is 2.39 bits per heavy atom. The molecule has 1 aliphatic carbocycles. The van der Waals surface area contributed by atoms with Crippen LogP contribution in [0.2, 0.25) is 0 Å². The molecule has 0 aromatic heterocycles. The minimum absolute atomic E-state index is 0.00307. The van der Waals surface area contributed by atoms with Gasteiger partial charge in [0.05, 0.1) is 27.4 Å². The van der Waals surface area contributed by atoms with Crippen molar-refractivity contribution in [2.75, 3.05) is 21.3 Å². The largest absolute Gasteiger partial charge is 0.497 e. The fraction of sp³-hybridized carbons (Fsp3) is 0.269. The van der Waals surface area contributed by atoms with Crippen molar-refractivity contribution >= 4 is 5.91 Å². The van der Waals surface area contributed by atoms with E-state index in [4.69, 9.17) is 14.2 Å². The number of carbonyl (C=O) groups excluding carboxylic acids is 1. The molecule has 2 aliphatic rings. The highest BCUT2D eigenvalue weighted by Gasteiger charge is 2.67. The predicted molar refractivity (Wildman–Crippen MR) is 118 cm³/mol. The van der Waals surface area contributed by atoms with E-state index in [0.717, 1.165) is 40.2 Å². The molecule has 5 nitrogen and oxygen atoms in total. The van der Waals surface area contributed by atoms with Gasteiger partial charge in [-0.05, 0) is 41.3 Å². The zero-order valence-corrected chi connectivity index (χ0v) is 17.9. The third-order valence-corrected chi connectivity index (χ3v) is 6.62. The summed E-state index contributed by atoms with van der Waals surface area (Å²) in [5.74, 6) is 2.25. The maximum absolute atomic E-state index is 14.0. The molecular formula is C26H25NO4. The zero-order valence-electron chi connectivity index (χ0n) is 17.9. The summed E-state index contributed by atoms with van der Waals surface area (Å²) >= 11 is 0. The molecule has 2 atom stereocenters. The fourth-order valence-corrected chi connectivity index (χ4v) is 5.25. The molecule has 0 N–H and O–H groups in total. The number of methoxy groups -OCH3 is 3. The molecule has 3 aromatic carbocycles. The van der Waals surface area contributed by atoms with Crippen LogP contribution in [0.15, 0.2) is 66.7 Å². The average Bonchev–Trinajstić information content (AvgIpc) is 3.14. The quantitative estimate of drug-likeness (QED) is 0.572. The van der Waals surface area contributed by atoms with Gasteiger partial charge in [-0.1, -0.05) is 42.5 Å². The van der Waals surface area contributed by atoms with Gasteiger partial charge in [-0.25, -0.2) is 0 Å². The molecule has 5 heteroatoms. The molecular weight excluding hydrogens is 390 g/mol. The van der Waals surface area contributed by atoms with E-state index in [1.165, 1.54) is 0 Å². The van der Waals surface area contributed by atoms with E-state index in [-0.39, 0.29) is 11.9 Å². The van der Waals surface area contributed by atoms with E-state index in [2.05, 4.69) is 12.1 Å². The molecule has 1 saturated heterocycles. The molecule has 1 fully saturated rings. The number of rotatable bonds is 6. The Morgan fingerprint density at radius 1 is 0.903 bits per heavy atom. The van der Waals surface area contributed by atoms with Crippen molar-refractivity contribution in [1.82, 2.24) is 4.90 Å². The van der Waals surface area contributed by atoms with Crippen LogP contribution in [0.3, 0.4) is 0 Å². The number of benzene rings is 3. The SMILES string of the molecule is COc1cccc([C@]23C(=O)N(Cc4ccccc4)[C@H]2Cc2cc(OC)cc(OC)c23)c1. The molecule has 0 unspecified atom stereocenters. The van der Waals surface area contributed by atoms with E-state index < -0.39 is 5.41 Å². The lowest BCUT2D eigenvalue weighted by Gasteiger charge is -2.53. The molecule has 158 valence electrons. The molecule has 1 aliphatic heterocycles. The fourth-order valence-electron chi connectivity index (χ4n) is 5.25. The molecule has 5 rings (SSSR count). The Balaban J connectivity index is 1.67. The summed E-state index contributed by atoms with van der Waals surface area (Å²) in [5, 5.41) is 0. The lowest BCUT2D eigenvalue weighted by Crippen LogP contribution is -2.69. The maximum atomic E-state index is 14.0. The lowest BCUT2D eigenvalue weighted by molar-refractivity contribution is -0.157. The number of amides is 1. The second-order valence-corrected chi connectivity index (χ2v) is 8.04. The molecule has 31 heavy (non-hydrogen) atoms. The first-order valence-electron chi connectivity index (χ1n) is 10.4. The van der Waals surface area contributed by atoms with Crippen molar-refractivity contribution in [2.45, 2.75) is 24.4 Å². The predicted octanol–water partition coefficient (Wildman–Crippen LogP) is 3.97. The molecule has 3 aromatic rings. The summed E-state index contributed by atoms with van der Waals surface area (Å²) in [6.07, 6.45) is 0.749. The standard InChI is InChI=1S/C26H25NO4/c1-29-20-11-7-10-19(14-20)26-23(27(25(26)28)16-17-8-5-4-6-9-17)13-18-12-21(30-2)15-22(31-3)24(18)26/h4-12,14-15,23H,13,16H2,1-3H3/t23-,26-/m0/s1. The highest BCUT2D eigenvalue weighted by Crippen LogP contribution is 2.58. The minimum atomic E-state index is -0.781. The number of ether oxygens (including phenoxy) is 3. The Hall–Kier alpha value is -3.47. The van der Waals surface area contributed by atoms with Crippen molar-refractivity contribution in [3.8, 4) is 17.2 Å². The van der Waals surface area contributed by atoms with Gasteiger partial charge in [0.25, 0.3) is 0 Å². The first kappa shape index (κ1) is 19.5.